The Labute approximate surface area is 176 Å². The molecule has 1 saturated carbocycles. The van der Waals surface area contributed by atoms with Gasteiger partial charge in [-0.25, -0.2) is 8.78 Å². The first kappa shape index (κ1) is 18.5. The molecule has 2 aliphatic carbocycles. The molecule has 154 valence electrons. The van der Waals surface area contributed by atoms with Gasteiger partial charge in [-0.1, -0.05) is 46.8 Å². The van der Waals surface area contributed by atoms with E-state index in [0.717, 1.165) is 40.6 Å². The maximum absolute atomic E-state index is 15.5. The van der Waals surface area contributed by atoms with Crippen LogP contribution < -0.4 is 4.57 Å². The van der Waals surface area contributed by atoms with E-state index < -0.39 is 5.41 Å². The molecule has 0 saturated heterocycles. The highest BCUT2D eigenvalue weighted by atomic mass is 19.1. The van der Waals surface area contributed by atoms with Gasteiger partial charge in [-0.2, -0.15) is 4.57 Å². The monoisotopic (exact) mass is 404 g/mol. The molecule has 0 amide bonds. The van der Waals surface area contributed by atoms with Crippen LogP contribution in [-0.4, -0.2) is 0 Å². The molecule has 1 fully saturated rings. The van der Waals surface area contributed by atoms with E-state index in [1.807, 2.05) is 25.1 Å². The molecule has 3 unspecified atom stereocenters. The summed E-state index contributed by atoms with van der Waals surface area (Å²) in [5, 5.41) is 1.63. The molecule has 0 spiro atoms. The number of pyridine rings is 1. The van der Waals surface area contributed by atoms with Crippen molar-refractivity contribution < 1.29 is 13.3 Å². The predicted octanol–water partition coefficient (Wildman–Crippen LogP) is 6.44. The average Bonchev–Trinajstić information content (AvgIpc) is 3.28. The Kier molecular flexibility index (Phi) is 3.15. The van der Waals surface area contributed by atoms with Crippen molar-refractivity contribution in [1.82, 2.24) is 0 Å². The lowest BCUT2D eigenvalue weighted by molar-refractivity contribution is -0.737. The summed E-state index contributed by atoms with van der Waals surface area (Å²) in [5.74, 6) is 0.135. The smallest absolute Gasteiger partial charge is 0.207 e. The molecule has 0 radical (unpaired) electrons. The lowest BCUT2D eigenvalue weighted by atomic mass is 9.65. The van der Waals surface area contributed by atoms with Gasteiger partial charge in [-0.15, -0.1) is 0 Å². The van der Waals surface area contributed by atoms with Gasteiger partial charge in [0.25, 0.3) is 0 Å². The van der Waals surface area contributed by atoms with E-state index in [0.29, 0.717) is 16.9 Å². The van der Waals surface area contributed by atoms with Gasteiger partial charge in [0.2, 0.25) is 5.69 Å². The lowest BCUT2D eigenvalue weighted by Crippen LogP contribution is -2.56. The number of fused-ring (bicyclic) bond motifs is 3. The molecule has 0 bridgehead atoms. The fourth-order valence-electron chi connectivity index (χ4n) is 7.87. The van der Waals surface area contributed by atoms with Crippen molar-refractivity contribution in [2.45, 2.75) is 70.8 Å². The highest BCUT2D eigenvalue weighted by Gasteiger charge is 2.83. The topological polar surface area (TPSA) is 3.88 Å². The summed E-state index contributed by atoms with van der Waals surface area (Å²) < 4.78 is 33.2. The molecule has 1 aromatic heterocycles. The van der Waals surface area contributed by atoms with Crippen molar-refractivity contribution in [3.63, 3.8) is 0 Å². The van der Waals surface area contributed by atoms with Crippen LogP contribution in [0.4, 0.5) is 8.78 Å². The van der Waals surface area contributed by atoms with Gasteiger partial charge in [0.15, 0.2) is 11.7 Å². The maximum Gasteiger partial charge on any atom is 0.222 e. The highest BCUT2D eigenvalue weighted by Crippen LogP contribution is 2.73. The minimum Gasteiger partial charge on any atom is -0.207 e. The van der Waals surface area contributed by atoms with Crippen LogP contribution in [0.25, 0.3) is 22.0 Å². The van der Waals surface area contributed by atoms with Crippen LogP contribution in [0.5, 0.6) is 0 Å². The normalized spacial score (nSPS) is 29.1. The van der Waals surface area contributed by atoms with Gasteiger partial charge in [0.1, 0.15) is 11.6 Å². The molecule has 3 aromatic rings. The average molecular weight is 405 g/mol. The van der Waals surface area contributed by atoms with Crippen molar-refractivity contribution in [2.24, 2.45) is 5.92 Å². The first-order valence-corrected chi connectivity index (χ1v) is 11.2. The molecule has 1 nitrogen and oxygen atoms in total. The van der Waals surface area contributed by atoms with E-state index in [-0.39, 0.29) is 22.6 Å². The van der Waals surface area contributed by atoms with Gasteiger partial charge in [-0.05, 0) is 36.1 Å². The first-order valence-electron chi connectivity index (χ1n) is 11.2. The molecule has 3 heteroatoms. The second-order valence-electron chi connectivity index (χ2n) is 10.2. The van der Waals surface area contributed by atoms with E-state index in [1.165, 1.54) is 5.56 Å². The number of hydrogen-bond donors (Lipinski definition) is 0. The minimum absolute atomic E-state index is 0.00169. The summed E-state index contributed by atoms with van der Waals surface area (Å²) in [6, 6.07) is 7.61. The second-order valence-corrected chi connectivity index (χ2v) is 10.2. The SMILES string of the molecule is CCC12c3ccc(F)c4c3-c3c5c(cc(C)c(F)c5cc[n+]3C1(CC)C2C)C4(C)C. The Morgan fingerprint density at radius 2 is 1.77 bits per heavy atom. The lowest BCUT2D eigenvalue weighted by Gasteiger charge is -2.39. The Bertz CT molecular complexity index is 1300. The number of aryl methyl sites for hydroxylation is 1. The van der Waals surface area contributed by atoms with Crippen LogP contribution in [0.3, 0.4) is 0 Å². The van der Waals surface area contributed by atoms with Crippen molar-refractivity contribution in [3.8, 4) is 11.3 Å². The summed E-state index contributed by atoms with van der Waals surface area (Å²) >= 11 is 0. The zero-order valence-corrected chi connectivity index (χ0v) is 18.6. The summed E-state index contributed by atoms with van der Waals surface area (Å²) in [4.78, 5) is 0. The van der Waals surface area contributed by atoms with E-state index in [9.17, 15) is 0 Å². The van der Waals surface area contributed by atoms with Gasteiger partial charge in [0, 0.05) is 34.8 Å². The first-order chi connectivity index (χ1) is 14.2. The fraction of sp³-hybridized carbons (Fsp3) is 0.444. The standard InChI is InChI=1S/C27H28F2N/c1-7-26-15(4)27(26,8-2)30-12-11-16-20-18(13-14(3)23(16)29)25(5,6)22-19(28)10-9-17(26)21(22)24(20)30/h9-13,15H,7-8H2,1-6H3/q+1. The van der Waals surface area contributed by atoms with Crippen LogP contribution in [0, 0.1) is 24.5 Å². The molecule has 2 aromatic carbocycles. The molecule has 2 heterocycles. The Morgan fingerprint density at radius 1 is 1.03 bits per heavy atom. The van der Waals surface area contributed by atoms with Crippen molar-refractivity contribution >= 4 is 10.8 Å². The zero-order chi connectivity index (χ0) is 21.4. The maximum atomic E-state index is 15.5. The second kappa shape index (κ2) is 5.12. The van der Waals surface area contributed by atoms with Crippen LogP contribution in [0.1, 0.15) is 69.7 Å². The fourth-order valence-corrected chi connectivity index (χ4v) is 7.87. The zero-order valence-electron chi connectivity index (χ0n) is 18.6. The van der Waals surface area contributed by atoms with E-state index in [2.05, 4.69) is 45.4 Å². The molecule has 0 N–H and O–H groups in total. The number of aromatic nitrogens is 1. The van der Waals surface area contributed by atoms with Gasteiger partial charge < -0.3 is 0 Å². The van der Waals surface area contributed by atoms with E-state index in [4.69, 9.17) is 0 Å². The van der Waals surface area contributed by atoms with Crippen LogP contribution in [0.2, 0.25) is 0 Å². The Balaban J connectivity index is 1.94. The molecule has 6 rings (SSSR count). The van der Waals surface area contributed by atoms with Crippen molar-refractivity contribution in [2.75, 3.05) is 0 Å². The van der Waals surface area contributed by atoms with Gasteiger partial charge in [0.05, 0.1) is 16.4 Å². The summed E-state index contributed by atoms with van der Waals surface area (Å²) in [7, 11) is 0. The van der Waals surface area contributed by atoms with Crippen LogP contribution >= 0.6 is 0 Å². The summed E-state index contributed by atoms with van der Waals surface area (Å²) in [5.41, 5.74) is 5.19. The van der Waals surface area contributed by atoms with Crippen molar-refractivity contribution in [1.29, 1.82) is 0 Å². The van der Waals surface area contributed by atoms with Crippen molar-refractivity contribution in [3.05, 3.63) is 64.4 Å². The number of nitrogens with zero attached hydrogens (tertiary/aromatic N) is 1. The van der Waals surface area contributed by atoms with E-state index in [1.54, 1.807) is 6.07 Å². The predicted molar refractivity (Wildman–Crippen MR) is 116 cm³/mol. The molecule has 3 aliphatic rings. The van der Waals surface area contributed by atoms with Crippen LogP contribution in [0.15, 0.2) is 30.5 Å². The Morgan fingerprint density at radius 3 is 2.43 bits per heavy atom. The molecular formula is C27H28F2N+. The highest BCUT2D eigenvalue weighted by molar-refractivity contribution is 6.02. The molecule has 3 atom stereocenters. The Hall–Kier alpha value is -2.29. The van der Waals surface area contributed by atoms with Gasteiger partial charge in [-0.3, -0.25) is 0 Å². The number of hydrogen-bond acceptors (Lipinski definition) is 0. The number of benzene rings is 2. The summed E-state index contributed by atoms with van der Waals surface area (Å²) in [6.07, 6.45) is 4.10. The molecule has 1 aliphatic heterocycles. The van der Waals surface area contributed by atoms with Gasteiger partial charge >= 0.3 is 0 Å². The molecular weight excluding hydrogens is 376 g/mol. The molecule has 30 heavy (non-hydrogen) atoms. The third kappa shape index (κ3) is 1.55. The quantitative estimate of drug-likeness (QED) is 0.433. The van der Waals surface area contributed by atoms with E-state index >= 15 is 8.78 Å². The summed E-state index contributed by atoms with van der Waals surface area (Å²) in [6.45, 7) is 12.9. The number of rotatable bonds is 2. The minimum atomic E-state index is -0.530. The number of halogens is 2. The van der Waals surface area contributed by atoms with Crippen LogP contribution in [-0.2, 0) is 16.4 Å². The largest absolute Gasteiger partial charge is 0.222 e. The third-order valence-electron chi connectivity index (χ3n) is 9.19. The third-order valence-corrected chi connectivity index (χ3v) is 9.19.